The number of carbonyl (C=O) groups excluding carboxylic acids is 2. The highest BCUT2D eigenvalue weighted by atomic mass is 32.1. The van der Waals surface area contributed by atoms with Crippen LogP contribution in [-0.2, 0) is 14.3 Å². The molecule has 4 rings (SSSR count). The molecule has 170 valence electrons. The Hall–Kier alpha value is -4.37. The van der Waals surface area contributed by atoms with Gasteiger partial charge in [-0.05, 0) is 72.7 Å². The zero-order chi connectivity index (χ0) is 24.1. The zero-order valence-electron chi connectivity index (χ0n) is 18.1. The molecule has 34 heavy (non-hydrogen) atoms. The second-order valence-corrected chi connectivity index (χ2v) is 8.44. The van der Waals surface area contributed by atoms with Crippen molar-refractivity contribution < 1.29 is 19.2 Å². The molecule has 1 amide bonds. The highest BCUT2D eigenvalue weighted by molar-refractivity contribution is 7.21. The van der Waals surface area contributed by atoms with Crippen molar-refractivity contribution in [1.82, 2.24) is 4.98 Å². The van der Waals surface area contributed by atoms with Crippen molar-refractivity contribution in [1.29, 1.82) is 0 Å². The summed E-state index contributed by atoms with van der Waals surface area (Å²) < 4.78 is 6.06. The molecule has 0 bridgehead atoms. The number of nitrogens with zero attached hydrogens (tertiary/aromatic N) is 2. The summed E-state index contributed by atoms with van der Waals surface area (Å²) in [5, 5.41) is 14.2. The highest BCUT2D eigenvalue weighted by Crippen LogP contribution is 2.31. The van der Waals surface area contributed by atoms with Crippen LogP contribution >= 0.6 is 11.3 Å². The van der Waals surface area contributed by atoms with Gasteiger partial charge in [0.05, 0.1) is 15.1 Å². The van der Waals surface area contributed by atoms with Crippen LogP contribution in [0.1, 0.15) is 11.1 Å². The first-order chi connectivity index (χ1) is 16.4. The summed E-state index contributed by atoms with van der Waals surface area (Å²) in [5.41, 5.74) is 4.20. The van der Waals surface area contributed by atoms with Gasteiger partial charge in [0, 0.05) is 29.5 Å². The van der Waals surface area contributed by atoms with Gasteiger partial charge in [-0.25, -0.2) is 9.78 Å². The van der Waals surface area contributed by atoms with E-state index in [-0.39, 0.29) is 5.69 Å². The first kappa shape index (κ1) is 22.8. The van der Waals surface area contributed by atoms with E-state index in [2.05, 4.69) is 16.4 Å². The second-order valence-electron chi connectivity index (χ2n) is 7.41. The minimum absolute atomic E-state index is 0.0420. The van der Waals surface area contributed by atoms with Crippen molar-refractivity contribution in [2.24, 2.45) is 0 Å². The van der Waals surface area contributed by atoms with Crippen molar-refractivity contribution in [2.75, 3.05) is 11.9 Å². The van der Waals surface area contributed by atoms with E-state index in [1.165, 1.54) is 35.9 Å². The number of hydrogen-bond donors (Lipinski definition) is 1. The van der Waals surface area contributed by atoms with Crippen molar-refractivity contribution in [3.8, 4) is 10.6 Å². The van der Waals surface area contributed by atoms with Crippen LogP contribution in [0, 0.1) is 17.0 Å². The van der Waals surface area contributed by atoms with E-state index in [1.807, 2.05) is 31.2 Å². The molecule has 9 heteroatoms. The SMILES string of the molecule is Cc1ccc2nc(-c3ccc(NC(=O)COC(=O)C=Cc4ccc([N+](=O)[O-])cc4)cc3)sc2c1. The van der Waals surface area contributed by atoms with Gasteiger partial charge in [-0.1, -0.05) is 6.07 Å². The summed E-state index contributed by atoms with van der Waals surface area (Å²) in [4.78, 5) is 38.8. The Morgan fingerprint density at radius 2 is 1.82 bits per heavy atom. The predicted molar refractivity (Wildman–Crippen MR) is 132 cm³/mol. The van der Waals surface area contributed by atoms with E-state index in [9.17, 15) is 19.7 Å². The monoisotopic (exact) mass is 473 g/mol. The van der Waals surface area contributed by atoms with Gasteiger partial charge in [0.15, 0.2) is 6.61 Å². The van der Waals surface area contributed by atoms with E-state index in [4.69, 9.17) is 4.74 Å². The average Bonchev–Trinajstić information content (AvgIpc) is 3.25. The quantitative estimate of drug-likeness (QED) is 0.167. The molecule has 0 saturated heterocycles. The summed E-state index contributed by atoms with van der Waals surface area (Å²) in [5.74, 6) is -1.17. The van der Waals surface area contributed by atoms with E-state index >= 15 is 0 Å². The lowest BCUT2D eigenvalue weighted by molar-refractivity contribution is -0.384. The summed E-state index contributed by atoms with van der Waals surface area (Å²) in [6.07, 6.45) is 2.61. The molecule has 0 atom stereocenters. The third-order valence-corrected chi connectivity index (χ3v) is 5.89. The Morgan fingerprint density at radius 3 is 2.53 bits per heavy atom. The fraction of sp³-hybridized carbons (Fsp3) is 0.0800. The molecule has 0 aliphatic rings. The van der Waals surface area contributed by atoms with Gasteiger partial charge in [-0.15, -0.1) is 11.3 Å². The van der Waals surface area contributed by atoms with E-state index < -0.39 is 23.4 Å². The lowest BCUT2D eigenvalue weighted by Crippen LogP contribution is -2.20. The maximum atomic E-state index is 12.1. The number of nitrogens with one attached hydrogen (secondary N) is 1. The van der Waals surface area contributed by atoms with Gasteiger partial charge in [0.2, 0.25) is 0 Å². The van der Waals surface area contributed by atoms with E-state index in [1.54, 1.807) is 23.5 Å². The first-order valence-corrected chi connectivity index (χ1v) is 11.1. The van der Waals surface area contributed by atoms with Crippen molar-refractivity contribution >= 4 is 50.9 Å². The molecule has 4 aromatic rings. The number of hydrogen-bond acceptors (Lipinski definition) is 7. The van der Waals surface area contributed by atoms with Gasteiger partial charge in [0.1, 0.15) is 5.01 Å². The van der Waals surface area contributed by atoms with Crippen LogP contribution in [-0.4, -0.2) is 28.4 Å². The molecular formula is C25H19N3O5S. The van der Waals surface area contributed by atoms with Gasteiger partial charge >= 0.3 is 5.97 Å². The maximum Gasteiger partial charge on any atom is 0.331 e. The van der Waals surface area contributed by atoms with Crippen LogP contribution in [0.5, 0.6) is 0 Å². The number of nitro groups is 1. The van der Waals surface area contributed by atoms with Crippen LogP contribution in [0.2, 0.25) is 0 Å². The number of fused-ring (bicyclic) bond motifs is 1. The van der Waals surface area contributed by atoms with E-state index in [0.29, 0.717) is 11.3 Å². The smallest absolute Gasteiger partial charge is 0.331 e. The Kier molecular flexibility index (Phi) is 6.74. The molecular weight excluding hydrogens is 454 g/mol. The number of benzene rings is 3. The lowest BCUT2D eigenvalue weighted by atomic mass is 10.2. The number of nitro benzene ring substituents is 1. The minimum Gasteiger partial charge on any atom is -0.452 e. The number of amides is 1. The molecule has 1 heterocycles. The molecule has 0 aliphatic carbocycles. The third-order valence-electron chi connectivity index (χ3n) is 4.82. The number of ether oxygens (including phenoxy) is 1. The number of esters is 1. The van der Waals surface area contributed by atoms with Crippen molar-refractivity contribution in [2.45, 2.75) is 6.92 Å². The highest BCUT2D eigenvalue weighted by Gasteiger charge is 2.09. The second kappa shape index (κ2) is 10.1. The number of carbonyl (C=O) groups is 2. The molecule has 0 fully saturated rings. The Morgan fingerprint density at radius 1 is 1.09 bits per heavy atom. The van der Waals surface area contributed by atoms with Gasteiger partial charge in [0.25, 0.3) is 11.6 Å². The van der Waals surface area contributed by atoms with E-state index in [0.717, 1.165) is 26.9 Å². The number of non-ortho nitro benzene ring substituents is 1. The summed E-state index contributed by atoms with van der Waals surface area (Å²) >= 11 is 1.61. The van der Waals surface area contributed by atoms with Gasteiger partial charge in [-0.2, -0.15) is 0 Å². The molecule has 8 nitrogen and oxygen atoms in total. The fourth-order valence-corrected chi connectivity index (χ4v) is 4.17. The van der Waals surface area contributed by atoms with Crippen LogP contribution in [0.3, 0.4) is 0 Å². The average molecular weight is 474 g/mol. The summed E-state index contributed by atoms with van der Waals surface area (Å²) in [6.45, 7) is 1.60. The first-order valence-electron chi connectivity index (χ1n) is 10.2. The molecule has 0 saturated carbocycles. The molecule has 1 N–H and O–H groups in total. The van der Waals surface area contributed by atoms with Crippen LogP contribution in [0.15, 0.2) is 72.8 Å². The lowest BCUT2D eigenvalue weighted by Gasteiger charge is -2.06. The van der Waals surface area contributed by atoms with Crippen molar-refractivity contribution in [3.63, 3.8) is 0 Å². The Balaban J connectivity index is 1.28. The molecule has 0 aliphatic heterocycles. The standard InChI is InChI=1S/C25H19N3O5S/c1-16-2-12-21-22(14-16)34-25(27-21)18-6-8-19(9-7-18)26-23(29)15-33-24(30)13-5-17-3-10-20(11-4-17)28(31)32/h2-14H,15H2,1H3,(H,26,29). The third kappa shape index (κ3) is 5.70. The molecule has 0 radical (unpaired) electrons. The number of aromatic nitrogens is 1. The molecule has 0 unspecified atom stereocenters. The summed E-state index contributed by atoms with van der Waals surface area (Å²) in [6, 6.07) is 19.1. The number of anilines is 1. The van der Waals surface area contributed by atoms with Crippen LogP contribution < -0.4 is 5.32 Å². The largest absolute Gasteiger partial charge is 0.452 e. The van der Waals surface area contributed by atoms with Gasteiger partial charge in [-0.3, -0.25) is 14.9 Å². The van der Waals surface area contributed by atoms with Crippen molar-refractivity contribution in [3.05, 3.63) is 94.0 Å². The fourth-order valence-electron chi connectivity index (χ4n) is 3.10. The molecule has 1 aromatic heterocycles. The van der Waals surface area contributed by atoms with Crippen LogP contribution in [0.4, 0.5) is 11.4 Å². The minimum atomic E-state index is -0.699. The zero-order valence-corrected chi connectivity index (χ0v) is 18.9. The van der Waals surface area contributed by atoms with Gasteiger partial charge < -0.3 is 10.1 Å². The Labute approximate surface area is 198 Å². The predicted octanol–water partition coefficient (Wildman–Crippen LogP) is 5.38. The number of aryl methyl sites for hydroxylation is 1. The molecule has 0 spiro atoms. The molecule has 3 aromatic carbocycles. The topological polar surface area (TPSA) is 111 Å². The summed E-state index contributed by atoms with van der Waals surface area (Å²) in [7, 11) is 0. The number of rotatable bonds is 7. The number of thiazole rings is 1. The maximum absolute atomic E-state index is 12.1. The normalized spacial score (nSPS) is 11.0. The Bertz CT molecular complexity index is 1390. The van der Waals surface area contributed by atoms with Crippen LogP contribution in [0.25, 0.3) is 26.9 Å².